The van der Waals surface area contributed by atoms with Crippen molar-refractivity contribution in [3.8, 4) is 0 Å². The molecule has 0 radical (unpaired) electrons. The average molecular weight is 484 g/mol. The number of sulfonamides is 1. The van der Waals surface area contributed by atoms with Crippen LogP contribution < -0.4 is 0 Å². The van der Waals surface area contributed by atoms with Crippen LogP contribution in [0.1, 0.15) is 32.4 Å². The topological polar surface area (TPSA) is 63.7 Å². The van der Waals surface area contributed by atoms with E-state index < -0.39 is 32.7 Å². The van der Waals surface area contributed by atoms with Crippen LogP contribution in [-0.2, 0) is 19.6 Å². The number of hydrogen-bond acceptors (Lipinski definition) is 4. The lowest BCUT2D eigenvalue weighted by Gasteiger charge is -2.26. The molecule has 3 rings (SSSR count). The number of hydrogen-bond donors (Lipinski definition) is 0. The summed E-state index contributed by atoms with van der Waals surface area (Å²) in [5.74, 6) is -1.43. The highest BCUT2D eigenvalue weighted by Crippen LogP contribution is 2.39. The number of carbonyl (C=O) groups is 1. The van der Waals surface area contributed by atoms with Crippen molar-refractivity contribution in [1.29, 1.82) is 0 Å². The number of nitrogens with zero attached hydrogens (tertiary/aromatic N) is 1. The van der Waals surface area contributed by atoms with Crippen LogP contribution in [-0.4, -0.2) is 31.8 Å². The van der Waals surface area contributed by atoms with E-state index >= 15 is 0 Å². The first-order valence-electron chi connectivity index (χ1n) is 9.25. The quantitative estimate of drug-likeness (QED) is 0.570. The summed E-state index contributed by atoms with van der Waals surface area (Å²) in [6, 6.07) is 11.3. The van der Waals surface area contributed by atoms with Crippen molar-refractivity contribution in [2.75, 3.05) is 13.2 Å². The highest BCUT2D eigenvalue weighted by Gasteiger charge is 2.41. The normalized spacial score (nSPS) is 16.6. The van der Waals surface area contributed by atoms with Gasteiger partial charge in [0.15, 0.2) is 0 Å². The maximum atomic E-state index is 14.2. The molecule has 2 aromatic carbocycles. The number of carbonyl (C=O) groups excluding carboxylic acids is 1. The van der Waals surface area contributed by atoms with Crippen molar-refractivity contribution < 1.29 is 22.3 Å². The van der Waals surface area contributed by atoms with E-state index in [0.717, 1.165) is 14.8 Å². The molecule has 0 spiro atoms. The SMILES string of the molecule is CC.CCOC(=O)C1=CCN(S(=O)(=O)c2ccccc2F)C1c1cccc(Br)c1. The lowest BCUT2D eigenvalue weighted by molar-refractivity contribution is -0.138. The molecule has 0 fully saturated rings. The molecule has 1 unspecified atom stereocenters. The molecule has 0 bridgehead atoms. The minimum atomic E-state index is -4.18. The molecule has 1 aliphatic heterocycles. The lowest BCUT2D eigenvalue weighted by atomic mass is 10.0. The third kappa shape index (κ3) is 4.94. The molecule has 29 heavy (non-hydrogen) atoms. The molecule has 156 valence electrons. The van der Waals surface area contributed by atoms with Gasteiger partial charge in [-0.3, -0.25) is 0 Å². The highest BCUT2D eigenvalue weighted by molar-refractivity contribution is 9.10. The van der Waals surface area contributed by atoms with Gasteiger partial charge in [-0.15, -0.1) is 0 Å². The van der Waals surface area contributed by atoms with Crippen LogP contribution in [0.25, 0.3) is 0 Å². The van der Waals surface area contributed by atoms with E-state index in [0.29, 0.717) is 5.56 Å². The van der Waals surface area contributed by atoms with E-state index in [-0.39, 0.29) is 18.7 Å². The third-order valence-corrected chi connectivity index (χ3v) is 6.53. The summed E-state index contributed by atoms with van der Waals surface area (Å²) in [6.45, 7) is 5.79. The Balaban J connectivity index is 0.00000145. The summed E-state index contributed by atoms with van der Waals surface area (Å²) in [5, 5.41) is 0. The van der Waals surface area contributed by atoms with Gasteiger partial charge in [0.2, 0.25) is 10.0 Å². The standard InChI is InChI=1S/C19H17BrFNO4S.C2H6/c1-2-26-19(23)15-10-11-22(18(15)13-6-5-7-14(20)12-13)27(24,25)17-9-4-3-8-16(17)21;1-2/h3-10,12,18H,2,11H2,1H3;1-2H3. The number of rotatable bonds is 5. The fraction of sp³-hybridized carbons (Fsp3) is 0.286. The first-order chi connectivity index (χ1) is 13.9. The first-order valence-corrected chi connectivity index (χ1v) is 11.5. The molecule has 0 aromatic heterocycles. The third-order valence-electron chi connectivity index (χ3n) is 4.17. The van der Waals surface area contributed by atoms with Gasteiger partial charge in [-0.05, 0) is 36.8 Å². The predicted molar refractivity (Wildman–Crippen MR) is 113 cm³/mol. The Morgan fingerprint density at radius 1 is 1.21 bits per heavy atom. The Morgan fingerprint density at radius 3 is 2.52 bits per heavy atom. The summed E-state index contributed by atoms with van der Waals surface area (Å²) >= 11 is 3.36. The van der Waals surface area contributed by atoms with Gasteiger partial charge in [0, 0.05) is 11.0 Å². The van der Waals surface area contributed by atoms with E-state index in [1.54, 1.807) is 31.2 Å². The van der Waals surface area contributed by atoms with E-state index in [4.69, 9.17) is 4.74 Å². The second-order valence-corrected chi connectivity index (χ2v) is 8.62. The second kappa shape index (κ2) is 10.1. The molecule has 0 N–H and O–H groups in total. The zero-order chi connectivity index (χ0) is 21.6. The fourth-order valence-electron chi connectivity index (χ4n) is 3.01. The molecule has 1 atom stereocenters. The van der Waals surface area contributed by atoms with Gasteiger partial charge in [-0.25, -0.2) is 17.6 Å². The van der Waals surface area contributed by atoms with Crippen LogP contribution in [0.3, 0.4) is 0 Å². The molecule has 1 aliphatic rings. The van der Waals surface area contributed by atoms with Crippen LogP contribution in [0.5, 0.6) is 0 Å². The van der Waals surface area contributed by atoms with Crippen molar-refractivity contribution in [3.05, 3.63) is 76.0 Å². The van der Waals surface area contributed by atoms with Gasteiger partial charge in [-0.1, -0.05) is 60.1 Å². The average Bonchev–Trinajstić information content (AvgIpc) is 3.16. The van der Waals surface area contributed by atoms with Crippen molar-refractivity contribution >= 4 is 31.9 Å². The van der Waals surface area contributed by atoms with Gasteiger partial charge < -0.3 is 4.74 Å². The van der Waals surface area contributed by atoms with Crippen LogP contribution in [0.15, 0.2) is 69.5 Å². The molecular formula is C21H23BrFNO4S. The zero-order valence-electron chi connectivity index (χ0n) is 16.4. The maximum absolute atomic E-state index is 14.2. The Morgan fingerprint density at radius 2 is 1.90 bits per heavy atom. The van der Waals surface area contributed by atoms with Crippen LogP contribution in [0.2, 0.25) is 0 Å². The van der Waals surface area contributed by atoms with Gasteiger partial charge >= 0.3 is 5.97 Å². The van der Waals surface area contributed by atoms with Crippen molar-refractivity contribution in [2.24, 2.45) is 0 Å². The molecule has 0 saturated heterocycles. The number of halogens is 2. The van der Waals surface area contributed by atoms with E-state index in [1.807, 2.05) is 13.8 Å². The van der Waals surface area contributed by atoms with Gasteiger partial charge in [0.25, 0.3) is 0 Å². The number of esters is 1. The summed E-state index contributed by atoms with van der Waals surface area (Å²) in [5.41, 5.74) is 0.802. The van der Waals surface area contributed by atoms with Crippen LogP contribution in [0, 0.1) is 5.82 Å². The summed E-state index contributed by atoms with van der Waals surface area (Å²) in [7, 11) is -4.18. The van der Waals surface area contributed by atoms with E-state index in [1.165, 1.54) is 24.3 Å². The predicted octanol–water partition coefficient (Wildman–Crippen LogP) is 4.85. The Hall–Kier alpha value is -2.03. The Kier molecular flexibility index (Phi) is 8.13. The molecule has 0 aliphatic carbocycles. The molecule has 0 amide bonds. The smallest absolute Gasteiger partial charge is 0.335 e. The van der Waals surface area contributed by atoms with Gasteiger partial charge in [-0.2, -0.15) is 4.31 Å². The van der Waals surface area contributed by atoms with Crippen LogP contribution >= 0.6 is 15.9 Å². The van der Waals surface area contributed by atoms with Gasteiger partial charge in [0.1, 0.15) is 10.7 Å². The number of benzene rings is 2. The minimum Gasteiger partial charge on any atom is -0.463 e. The molecule has 5 nitrogen and oxygen atoms in total. The Bertz CT molecular complexity index is 1010. The largest absolute Gasteiger partial charge is 0.463 e. The highest BCUT2D eigenvalue weighted by atomic mass is 79.9. The summed E-state index contributed by atoms with van der Waals surface area (Å²) in [6.07, 6.45) is 1.52. The summed E-state index contributed by atoms with van der Waals surface area (Å²) < 4.78 is 47.4. The van der Waals surface area contributed by atoms with Crippen molar-refractivity contribution in [1.82, 2.24) is 4.31 Å². The van der Waals surface area contributed by atoms with Crippen LogP contribution in [0.4, 0.5) is 4.39 Å². The Labute approximate surface area is 179 Å². The van der Waals surface area contributed by atoms with Gasteiger partial charge in [0.05, 0.1) is 18.2 Å². The van der Waals surface area contributed by atoms with E-state index in [9.17, 15) is 17.6 Å². The molecule has 2 aromatic rings. The fourth-order valence-corrected chi connectivity index (χ4v) is 5.03. The van der Waals surface area contributed by atoms with Crippen molar-refractivity contribution in [2.45, 2.75) is 31.7 Å². The molecule has 1 heterocycles. The maximum Gasteiger partial charge on any atom is 0.335 e. The first kappa shape index (κ1) is 23.3. The zero-order valence-corrected chi connectivity index (χ0v) is 18.8. The molecule has 8 heteroatoms. The second-order valence-electron chi connectivity index (χ2n) is 5.84. The number of ether oxygens (including phenoxy) is 1. The molecule has 0 saturated carbocycles. The van der Waals surface area contributed by atoms with E-state index in [2.05, 4.69) is 15.9 Å². The van der Waals surface area contributed by atoms with Crippen molar-refractivity contribution in [3.63, 3.8) is 0 Å². The monoisotopic (exact) mass is 483 g/mol. The molecular weight excluding hydrogens is 461 g/mol. The lowest BCUT2D eigenvalue weighted by Crippen LogP contribution is -2.34. The summed E-state index contributed by atoms with van der Waals surface area (Å²) in [4.78, 5) is 12.0. The minimum absolute atomic E-state index is 0.0536.